The van der Waals surface area contributed by atoms with Gasteiger partial charge in [0.25, 0.3) is 0 Å². The molecule has 1 saturated carbocycles. The van der Waals surface area contributed by atoms with E-state index in [0.717, 1.165) is 25.7 Å². The number of hydrogen-bond donors (Lipinski definition) is 0. The smallest absolute Gasteiger partial charge is 0.348 e. The Morgan fingerprint density at radius 3 is 2.33 bits per heavy atom. The van der Waals surface area contributed by atoms with Gasteiger partial charge in [-0.1, -0.05) is 13.0 Å². The van der Waals surface area contributed by atoms with E-state index in [4.69, 9.17) is 9.47 Å². The molecule has 1 rings (SSSR count). The average Bonchev–Trinajstić information content (AvgIpc) is 2.87. The van der Waals surface area contributed by atoms with Gasteiger partial charge in [-0.05, 0) is 65.9 Å². The number of carbonyl (C=O) groups excluding carboxylic acids is 2. The third kappa shape index (κ3) is 4.58. The van der Waals surface area contributed by atoms with Crippen molar-refractivity contribution in [3.63, 3.8) is 0 Å². The molecule has 0 aliphatic heterocycles. The molecule has 0 aromatic rings. The zero-order valence-corrected chi connectivity index (χ0v) is 13.9. The van der Waals surface area contributed by atoms with E-state index >= 15 is 0 Å². The predicted octanol–water partition coefficient (Wildman–Crippen LogP) is 3.79. The van der Waals surface area contributed by atoms with Crippen LogP contribution in [0, 0.1) is 5.41 Å². The summed E-state index contributed by atoms with van der Waals surface area (Å²) in [6.45, 7) is 9.03. The highest BCUT2D eigenvalue weighted by Gasteiger charge is 2.38. The molecule has 4 nitrogen and oxygen atoms in total. The Bertz CT molecular complexity index is 403. The van der Waals surface area contributed by atoms with Crippen molar-refractivity contribution in [1.82, 2.24) is 0 Å². The van der Waals surface area contributed by atoms with Gasteiger partial charge >= 0.3 is 11.9 Å². The third-order valence-corrected chi connectivity index (χ3v) is 4.28. The second-order valence-corrected chi connectivity index (χ2v) is 6.48. The summed E-state index contributed by atoms with van der Waals surface area (Å²) in [6.07, 6.45) is 7.43. The SMILES string of the molecule is C/C=C/C1(OC(=O)C(C)OC(=O)C(C)(C)CC)CCCC1. The Hall–Kier alpha value is -1.32. The van der Waals surface area contributed by atoms with Crippen molar-refractivity contribution in [2.24, 2.45) is 5.41 Å². The van der Waals surface area contributed by atoms with E-state index in [1.54, 1.807) is 6.92 Å². The lowest BCUT2D eigenvalue weighted by Crippen LogP contribution is -2.38. The fraction of sp³-hybridized carbons (Fsp3) is 0.765. The average molecular weight is 296 g/mol. The summed E-state index contributed by atoms with van der Waals surface area (Å²) in [5.41, 5.74) is -1.09. The summed E-state index contributed by atoms with van der Waals surface area (Å²) < 4.78 is 10.9. The molecule has 120 valence electrons. The van der Waals surface area contributed by atoms with Gasteiger partial charge in [0.1, 0.15) is 5.60 Å². The number of ether oxygens (including phenoxy) is 2. The zero-order valence-electron chi connectivity index (χ0n) is 13.9. The number of rotatable bonds is 6. The van der Waals surface area contributed by atoms with Crippen molar-refractivity contribution >= 4 is 11.9 Å². The Kier molecular flexibility index (Phi) is 5.99. The summed E-state index contributed by atoms with van der Waals surface area (Å²) >= 11 is 0. The van der Waals surface area contributed by atoms with Crippen molar-refractivity contribution in [2.45, 2.75) is 78.4 Å². The lowest BCUT2D eigenvalue weighted by molar-refractivity contribution is -0.178. The molecular formula is C17H28O4. The lowest BCUT2D eigenvalue weighted by Gasteiger charge is -2.28. The van der Waals surface area contributed by atoms with E-state index in [-0.39, 0.29) is 5.97 Å². The second-order valence-electron chi connectivity index (χ2n) is 6.48. The summed E-state index contributed by atoms with van der Waals surface area (Å²) in [4.78, 5) is 24.2. The van der Waals surface area contributed by atoms with Gasteiger partial charge in [-0.3, -0.25) is 4.79 Å². The van der Waals surface area contributed by atoms with Gasteiger partial charge in [0.2, 0.25) is 0 Å². The lowest BCUT2D eigenvalue weighted by atomic mass is 9.90. The molecule has 0 spiro atoms. The standard InChI is InChI=1S/C17H28O4/c1-6-10-17(11-8-9-12-17)21-14(18)13(3)20-15(19)16(4,5)7-2/h6,10,13H,7-9,11-12H2,1-5H3/b10-6+. The van der Waals surface area contributed by atoms with Crippen LogP contribution in [0.15, 0.2) is 12.2 Å². The maximum Gasteiger partial charge on any atom is 0.348 e. The van der Waals surface area contributed by atoms with E-state index < -0.39 is 23.1 Å². The van der Waals surface area contributed by atoms with Gasteiger partial charge in [-0.2, -0.15) is 0 Å². The minimum Gasteiger partial charge on any atom is -0.452 e. The minimum atomic E-state index is -0.869. The molecule has 1 aliphatic rings. The fourth-order valence-electron chi connectivity index (χ4n) is 2.38. The summed E-state index contributed by atoms with van der Waals surface area (Å²) in [5, 5.41) is 0. The minimum absolute atomic E-state index is 0.360. The van der Waals surface area contributed by atoms with Crippen molar-refractivity contribution < 1.29 is 19.1 Å². The first-order chi connectivity index (χ1) is 9.76. The predicted molar refractivity (Wildman–Crippen MR) is 81.7 cm³/mol. The van der Waals surface area contributed by atoms with Crippen LogP contribution < -0.4 is 0 Å². The van der Waals surface area contributed by atoms with Crippen LogP contribution in [0.3, 0.4) is 0 Å². The van der Waals surface area contributed by atoms with Crippen LogP contribution in [-0.2, 0) is 19.1 Å². The number of carbonyl (C=O) groups is 2. The Morgan fingerprint density at radius 2 is 1.86 bits per heavy atom. The molecule has 0 N–H and O–H groups in total. The molecule has 0 amide bonds. The molecule has 0 saturated heterocycles. The number of esters is 2. The van der Waals surface area contributed by atoms with Gasteiger partial charge in [0.15, 0.2) is 6.10 Å². The Morgan fingerprint density at radius 1 is 1.29 bits per heavy atom. The highest BCUT2D eigenvalue weighted by atomic mass is 16.6. The van der Waals surface area contributed by atoms with Crippen LogP contribution in [0.25, 0.3) is 0 Å². The summed E-state index contributed by atoms with van der Waals surface area (Å²) in [5.74, 6) is -0.823. The molecule has 4 heteroatoms. The van der Waals surface area contributed by atoms with Gasteiger partial charge in [0, 0.05) is 0 Å². The second kappa shape index (κ2) is 7.10. The first-order valence-electron chi connectivity index (χ1n) is 7.84. The number of hydrogen-bond acceptors (Lipinski definition) is 4. The maximum absolute atomic E-state index is 12.2. The van der Waals surface area contributed by atoms with Gasteiger partial charge in [0.05, 0.1) is 5.41 Å². The van der Waals surface area contributed by atoms with Gasteiger partial charge in [-0.25, -0.2) is 4.79 Å². The van der Waals surface area contributed by atoms with Crippen molar-refractivity contribution in [3.8, 4) is 0 Å². The fourth-order valence-corrected chi connectivity index (χ4v) is 2.38. The first kappa shape index (κ1) is 17.7. The molecule has 0 aromatic carbocycles. The highest BCUT2D eigenvalue weighted by Crippen LogP contribution is 2.35. The van der Waals surface area contributed by atoms with Crippen LogP contribution in [0.5, 0.6) is 0 Å². The van der Waals surface area contributed by atoms with E-state index in [9.17, 15) is 9.59 Å². The monoisotopic (exact) mass is 296 g/mol. The maximum atomic E-state index is 12.2. The molecule has 21 heavy (non-hydrogen) atoms. The summed E-state index contributed by atoms with van der Waals surface area (Å²) in [6, 6.07) is 0. The highest BCUT2D eigenvalue weighted by molar-refractivity contribution is 5.81. The van der Waals surface area contributed by atoms with Gasteiger partial charge < -0.3 is 9.47 Å². The van der Waals surface area contributed by atoms with Crippen molar-refractivity contribution in [2.75, 3.05) is 0 Å². The van der Waals surface area contributed by atoms with E-state index in [1.807, 2.05) is 39.8 Å². The van der Waals surface area contributed by atoms with Crippen molar-refractivity contribution in [1.29, 1.82) is 0 Å². The topological polar surface area (TPSA) is 52.6 Å². The van der Waals surface area contributed by atoms with E-state index in [2.05, 4.69) is 0 Å². The molecule has 0 aromatic heterocycles. The molecule has 0 bridgehead atoms. The molecule has 1 unspecified atom stereocenters. The Balaban J connectivity index is 2.64. The van der Waals surface area contributed by atoms with Crippen LogP contribution in [0.1, 0.15) is 66.7 Å². The molecule has 1 atom stereocenters. The van der Waals surface area contributed by atoms with Crippen LogP contribution in [0.2, 0.25) is 0 Å². The Labute approximate surface area is 127 Å². The third-order valence-electron chi connectivity index (χ3n) is 4.28. The molecule has 0 radical (unpaired) electrons. The van der Waals surface area contributed by atoms with Gasteiger partial charge in [-0.15, -0.1) is 0 Å². The van der Waals surface area contributed by atoms with Crippen LogP contribution in [-0.4, -0.2) is 23.6 Å². The molecule has 0 heterocycles. The van der Waals surface area contributed by atoms with E-state index in [0.29, 0.717) is 6.42 Å². The van der Waals surface area contributed by atoms with Crippen LogP contribution in [0.4, 0.5) is 0 Å². The van der Waals surface area contributed by atoms with Crippen LogP contribution >= 0.6 is 0 Å². The first-order valence-corrected chi connectivity index (χ1v) is 7.84. The molecular weight excluding hydrogens is 268 g/mol. The van der Waals surface area contributed by atoms with E-state index in [1.165, 1.54) is 0 Å². The largest absolute Gasteiger partial charge is 0.452 e. The molecule has 1 fully saturated rings. The van der Waals surface area contributed by atoms with Crippen molar-refractivity contribution in [3.05, 3.63) is 12.2 Å². The summed E-state index contributed by atoms with van der Waals surface area (Å²) in [7, 11) is 0. The zero-order chi connectivity index (χ0) is 16.1. The normalized spacial score (nSPS) is 19.5. The molecule has 1 aliphatic carbocycles. The quantitative estimate of drug-likeness (QED) is 0.553. The number of allylic oxidation sites excluding steroid dienone is 1.